The van der Waals surface area contributed by atoms with Crippen LogP contribution in [0.25, 0.3) is 11.8 Å². The van der Waals surface area contributed by atoms with Crippen LogP contribution in [0, 0.1) is 0 Å². The summed E-state index contributed by atoms with van der Waals surface area (Å²) >= 11 is 0. The fourth-order valence-corrected chi connectivity index (χ4v) is 2.27. The highest BCUT2D eigenvalue weighted by molar-refractivity contribution is 5.92. The molecule has 3 nitrogen and oxygen atoms in total. The zero-order chi connectivity index (χ0) is 16.8. The molecule has 24 heavy (non-hydrogen) atoms. The van der Waals surface area contributed by atoms with Crippen molar-refractivity contribution >= 4 is 17.8 Å². The maximum Gasteiger partial charge on any atom is 0.343 e. The van der Waals surface area contributed by atoms with E-state index < -0.39 is 5.97 Å². The number of hydrogen-bond donors (Lipinski definition) is 0. The first-order chi connectivity index (χ1) is 11.7. The second-order valence-electron chi connectivity index (χ2n) is 5.17. The van der Waals surface area contributed by atoms with Crippen LogP contribution in [0.2, 0.25) is 0 Å². The molecule has 0 aliphatic rings. The van der Waals surface area contributed by atoms with Gasteiger partial charge < -0.3 is 9.84 Å². The van der Waals surface area contributed by atoms with Gasteiger partial charge in [0, 0.05) is 5.56 Å². The van der Waals surface area contributed by atoms with Crippen molar-refractivity contribution in [3.05, 3.63) is 102 Å². The van der Waals surface area contributed by atoms with Crippen molar-refractivity contribution < 1.29 is 14.6 Å². The third-order valence-corrected chi connectivity index (χ3v) is 3.46. The van der Waals surface area contributed by atoms with Crippen LogP contribution < -0.4 is 9.84 Å². The molecule has 0 atom stereocenters. The van der Waals surface area contributed by atoms with Gasteiger partial charge in [-0.2, -0.15) is 0 Å². The molecule has 0 radical (unpaired) electrons. The largest absolute Gasteiger partial charge is 0.872 e. The van der Waals surface area contributed by atoms with E-state index >= 15 is 0 Å². The summed E-state index contributed by atoms with van der Waals surface area (Å²) in [4.78, 5) is 12.2. The normalized spacial score (nSPS) is 11.1. The predicted molar refractivity (Wildman–Crippen MR) is 92.2 cm³/mol. The Kier molecular flexibility index (Phi) is 4.73. The number of carbonyl (C=O) groups excluding carboxylic acids is 1. The second kappa shape index (κ2) is 7.29. The first kappa shape index (κ1) is 15.6. The summed E-state index contributed by atoms with van der Waals surface area (Å²) in [6.07, 6.45) is 1.52. The van der Waals surface area contributed by atoms with Gasteiger partial charge in [-0.15, -0.1) is 0 Å². The van der Waals surface area contributed by atoms with Crippen molar-refractivity contribution in [3.63, 3.8) is 0 Å². The molecule has 0 saturated heterocycles. The summed E-state index contributed by atoms with van der Waals surface area (Å²) in [6, 6.07) is 24.7. The van der Waals surface area contributed by atoms with Crippen molar-refractivity contribution in [3.8, 4) is 5.75 Å². The Labute approximate surface area is 140 Å². The van der Waals surface area contributed by atoms with Crippen LogP contribution in [0.5, 0.6) is 5.75 Å². The average Bonchev–Trinajstić information content (AvgIpc) is 2.63. The third-order valence-electron chi connectivity index (χ3n) is 3.46. The van der Waals surface area contributed by atoms with Gasteiger partial charge >= 0.3 is 5.97 Å². The third kappa shape index (κ3) is 3.70. The van der Waals surface area contributed by atoms with Crippen LogP contribution in [-0.2, 0) is 0 Å². The van der Waals surface area contributed by atoms with E-state index in [1.807, 2.05) is 36.4 Å². The van der Waals surface area contributed by atoms with E-state index in [4.69, 9.17) is 4.74 Å². The monoisotopic (exact) mass is 315 g/mol. The van der Waals surface area contributed by atoms with Crippen molar-refractivity contribution in [2.24, 2.45) is 0 Å². The highest BCUT2D eigenvalue weighted by atomic mass is 16.5. The van der Waals surface area contributed by atoms with Crippen molar-refractivity contribution in [1.29, 1.82) is 0 Å². The fourth-order valence-electron chi connectivity index (χ4n) is 2.27. The minimum atomic E-state index is -0.490. The maximum absolute atomic E-state index is 12.5. The topological polar surface area (TPSA) is 49.4 Å². The van der Waals surface area contributed by atoms with Crippen LogP contribution in [0.4, 0.5) is 0 Å². The molecule has 0 amide bonds. The van der Waals surface area contributed by atoms with E-state index in [1.54, 1.807) is 48.5 Å². The Morgan fingerprint density at radius 1 is 0.792 bits per heavy atom. The Balaban J connectivity index is 1.88. The van der Waals surface area contributed by atoms with Gasteiger partial charge in [0.15, 0.2) is 0 Å². The number of ether oxygens (including phenoxy) is 1. The molecule has 0 fully saturated rings. The van der Waals surface area contributed by atoms with Gasteiger partial charge in [-0.3, -0.25) is 0 Å². The molecule has 3 aromatic rings. The Morgan fingerprint density at radius 2 is 1.38 bits per heavy atom. The van der Waals surface area contributed by atoms with E-state index in [2.05, 4.69) is 0 Å². The standard InChI is InChI=1S/C21H16O3/c22-19(15-16-9-3-1-4-10-16)18-13-7-8-14-20(18)24-21(23)17-11-5-2-6-12-17/h1-15,22H/p-1/b19-15-. The number of rotatable bonds is 4. The lowest BCUT2D eigenvalue weighted by molar-refractivity contribution is -0.242. The smallest absolute Gasteiger partial charge is 0.343 e. The predicted octanol–water partition coefficient (Wildman–Crippen LogP) is 3.76. The van der Waals surface area contributed by atoms with Gasteiger partial charge in [-0.25, -0.2) is 4.79 Å². The number of hydrogen-bond acceptors (Lipinski definition) is 3. The molecular formula is C21H15O3-. The maximum atomic E-state index is 12.5. The fraction of sp³-hybridized carbons (Fsp3) is 0. The lowest BCUT2D eigenvalue weighted by atomic mass is 10.1. The minimum Gasteiger partial charge on any atom is -0.872 e. The van der Waals surface area contributed by atoms with Crippen molar-refractivity contribution in [2.45, 2.75) is 0 Å². The van der Waals surface area contributed by atoms with Crippen LogP contribution in [0.1, 0.15) is 21.5 Å². The van der Waals surface area contributed by atoms with Gasteiger partial charge in [-0.1, -0.05) is 78.6 Å². The van der Waals surface area contributed by atoms with E-state index in [-0.39, 0.29) is 11.5 Å². The minimum absolute atomic E-state index is 0.210. The van der Waals surface area contributed by atoms with Crippen molar-refractivity contribution in [2.75, 3.05) is 0 Å². The quantitative estimate of drug-likeness (QED) is 0.319. The highest BCUT2D eigenvalue weighted by Gasteiger charge is 2.10. The average molecular weight is 315 g/mol. The SMILES string of the molecule is O=C(Oc1ccccc1/C([O-])=C/c1ccccc1)c1ccccc1. The van der Waals surface area contributed by atoms with Crippen LogP contribution in [0.3, 0.4) is 0 Å². The number of para-hydroxylation sites is 1. The van der Waals surface area contributed by atoms with Crippen LogP contribution in [0.15, 0.2) is 84.9 Å². The van der Waals surface area contributed by atoms with E-state index in [0.717, 1.165) is 5.56 Å². The molecule has 3 aromatic carbocycles. The Morgan fingerprint density at radius 3 is 2.08 bits per heavy atom. The van der Waals surface area contributed by atoms with E-state index in [1.165, 1.54) is 6.08 Å². The van der Waals surface area contributed by atoms with Crippen LogP contribution >= 0.6 is 0 Å². The van der Waals surface area contributed by atoms with E-state index in [0.29, 0.717) is 11.1 Å². The number of benzene rings is 3. The molecule has 0 N–H and O–H groups in total. The summed E-state index contributed by atoms with van der Waals surface area (Å²) < 4.78 is 5.41. The Bertz CT molecular complexity index is 853. The summed E-state index contributed by atoms with van der Waals surface area (Å²) in [5.41, 5.74) is 1.59. The number of esters is 1. The summed E-state index contributed by atoms with van der Waals surface area (Å²) in [5.74, 6) is -0.447. The molecule has 0 spiro atoms. The molecule has 0 saturated carbocycles. The highest BCUT2D eigenvalue weighted by Crippen LogP contribution is 2.25. The molecule has 0 aromatic heterocycles. The molecule has 0 bridgehead atoms. The van der Waals surface area contributed by atoms with E-state index in [9.17, 15) is 9.90 Å². The number of carbonyl (C=O) groups is 1. The molecule has 0 unspecified atom stereocenters. The van der Waals surface area contributed by atoms with Gasteiger partial charge in [0.1, 0.15) is 5.75 Å². The van der Waals surface area contributed by atoms with Gasteiger partial charge in [0.25, 0.3) is 0 Å². The summed E-state index contributed by atoms with van der Waals surface area (Å²) in [5, 5.41) is 12.5. The molecule has 3 rings (SSSR count). The molecule has 118 valence electrons. The van der Waals surface area contributed by atoms with Gasteiger partial charge in [0.2, 0.25) is 0 Å². The molecular weight excluding hydrogens is 300 g/mol. The first-order valence-corrected chi connectivity index (χ1v) is 7.54. The lowest BCUT2D eigenvalue weighted by Crippen LogP contribution is -2.11. The zero-order valence-electron chi connectivity index (χ0n) is 12.9. The van der Waals surface area contributed by atoms with Crippen molar-refractivity contribution in [1.82, 2.24) is 0 Å². The molecule has 0 aliphatic carbocycles. The van der Waals surface area contributed by atoms with Gasteiger partial charge in [0.05, 0.1) is 5.56 Å². The lowest BCUT2D eigenvalue weighted by Gasteiger charge is -2.16. The molecule has 3 heteroatoms. The second-order valence-corrected chi connectivity index (χ2v) is 5.17. The summed E-state index contributed by atoms with van der Waals surface area (Å²) in [6.45, 7) is 0. The van der Waals surface area contributed by atoms with Crippen LogP contribution in [-0.4, -0.2) is 5.97 Å². The summed E-state index contributed by atoms with van der Waals surface area (Å²) in [7, 11) is 0. The molecule has 0 heterocycles. The first-order valence-electron chi connectivity index (χ1n) is 7.54. The zero-order valence-corrected chi connectivity index (χ0v) is 12.9. The Hall–Kier alpha value is -3.33. The van der Waals surface area contributed by atoms with Gasteiger partial charge in [-0.05, 0) is 23.8 Å². The molecule has 0 aliphatic heterocycles.